The van der Waals surface area contributed by atoms with Gasteiger partial charge in [0, 0.05) is 16.1 Å². The van der Waals surface area contributed by atoms with Gasteiger partial charge in [0.25, 0.3) is 5.56 Å². The van der Waals surface area contributed by atoms with Crippen LogP contribution in [0.3, 0.4) is 0 Å². The Morgan fingerprint density at radius 3 is 2.44 bits per heavy atom. The van der Waals surface area contributed by atoms with Crippen LogP contribution in [0, 0.1) is 5.92 Å². The minimum Gasteiger partial charge on any atom is -0.309 e. The van der Waals surface area contributed by atoms with Crippen LogP contribution in [0.1, 0.15) is 31.3 Å². The second kappa shape index (κ2) is 7.56. The lowest BCUT2D eigenvalue weighted by atomic mass is 9.96. The van der Waals surface area contributed by atoms with Crippen molar-refractivity contribution in [1.82, 2.24) is 15.3 Å². The summed E-state index contributed by atoms with van der Waals surface area (Å²) in [6.07, 6.45) is 0. The molecule has 3 rings (SSSR count). The number of nitrogens with zero attached hydrogens (tertiary/aromatic N) is 1. The maximum atomic E-state index is 12.2. The van der Waals surface area contributed by atoms with Crippen molar-refractivity contribution in [1.29, 1.82) is 0 Å². The third-order valence-electron chi connectivity index (χ3n) is 4.10. The monoisotopic (exact) mass is 375 g/mol. The van der Waals surface area contributed by atoms with Crippen LogP contribution in [0.4, 0.5) is 0 Å². The molecule has 1 unspecified atom stereocenters. The smallest absolute Gasteiger partial charge is 0.258 e. The Kier molecular flexibility index (Phi) is 5.42. The Morgan fingerprint density at radius 2 is 1.76 bits per heavy atom. The molecule has 0 aliphatic heterocycles. The summed E-state index contributed by atoms with van der Waals surface area (Å²) in [4.78, 5) is 19.6. The standard InChI is InChI=1S/C19H19Cl2N3O/c1-11(2)18(12-3-5-13(20)6-4-12)22-10-17-23-16-9-14(21)7-8-15(16)19(25)24-17/h3-9,11,18,22H,10H2,1-2H3,(H,23,24,25). The van der Waals surface area contributed by atoms with E-state index < -0.39 is 0 Å². The fraction of sp³-hybridized carbons (Fsp3) is 0.263. The third-order valence-corrected chi connectivity index (χ3v) is 4.59. The highest BCUT2D eigenvalue weighted by molar-refractivity contribution is 6.31. The quantitative estimate of drug-likeness (QED) is 0.678. The van der Waals surface area contributed by atoms with Gasteiger partial charge in [0.1, 0.15) is 5.82 Å². The molecule has 25 heavy (non-hydrogen) atoms. The van der Waals surface area contributed by atoms with Gasteiger partial charge in [-0.2, -0.15) is 0 Å². The van der Waals surface area contributed by atoms with E-state index in [1.54, 1.807) is 18.2 Å². The molecule has 1 heterocycles. The Bertz CT molecular complexity index is 936. The number of aromatic nitrogens is 2. The van der Waals surface area contributed by atoms with E-state index >= 15 is 0 Å². The van der Waals surface area contributed by atoms with E-state index in [1.807, 2.05) is 24.3 Å². The number of rotatable bonds is 5. The van der Waals surface area contributed by atoms with Crippen LogP contribution in [0.2, 0.25) is 10.0 Å². The highest BCUT2D eigenvalue weighted by atomic mass is 35.5. The van der Waals surface area contributed by atoms with E-state index in [1.165, 1.54) is 0 Å². The molecular weight excluding hydrogens is 357 g/mol. The number of H-pyrrole nitrogens is 1. The zero-order valence-electron chi connectivity index (χ0n) is 14.0. The van der Waals surface area contributed by atoms with Gasteiger partial charge in [0.15, 0.2) is 0 Å². The van der Waals surface area contributed by atoms with Crippen LogP contribution in [0.25, 0.3) is 10.9 Å². The molecule has 0 amide bonds. The van der Waals surface area contributed by atoms with Crippen LogP contribution >= 0.6 is 23.2 Å². The van der Waals surface area contributed by atoms with Crippen molar-refractivity contribution < 1.29 is 0 Å². The summed E-state index contributed by atoms with van der Waals surface area (Å²) in [6, 6.07) is 13.0. The lowest BCUT2D eigenvalue weighted by Gasteiger charge is -2.23. The van der Waals surface area contributed by atoms with Gasteiger partial charge in [-0.15, -0.1) is 0 Å². The minimum absolute atomic E-state index is 0.123. The third kappa shape index (κ3) is 4.21. The Hall–Kier alpha value is -1.88. The van der Waals surface area contributed by atoms with E-state index in [9.17, 15) is 4.79 Å². The summed E-state index contributed by atoms with van der Waals surface area (Å²) in [5.74, 6) is 0.946. The van der Waals surface area contributed by atoms with Crippen LogP contribution in [0.15, 0.2) is 47.3 Å². The van der Waals surface area contributed by atoms with E-state index in [2.05, 4.69) is 29.1 Å². The molecule has 0 bridgehead atoms. The molecule has 4 nitrogen and oxygen atoms in total. The van der Waals surface area contributed by atoms with Gasteiger partial charge < -0.3 is 10.3 Å². The maximum absolute atomic E-state index is 12.2. The van der Waals surface area contributed by atoms with Gasteiger partial charge in [-0.1, -0.05) is 49.2 Å². The predicted octanol–water partition coefficient (Wildman–Crippen LogP) is 4.72. The summed E-state index contributed by atoms with van der Waals surface area (Å²) in [5, 5.41) is 5.28. The molecule has 0 saturated carbocycles. The highest BCUT2D eigenvalue weighted by Crippen LogP contribution is 2.23. The first kappa shape index (κ1) is 17.9. The molecule has 0 radical (unpaired) electrons. The minimum atomic E-state index is -0.161. The van der Waals surface area contributed by atoms with Gasteiger partial charge in [0.2, 0.25) is 0 Å². The normalized spacial score (nSPS) is 12.7. The average Bonchev–Trinajstić information content (AvgIpc) is 2.56. The number of fused-ring (bicyclic) bond motifs is 1. The zero-order valence-corrected chi connectivity index (χ0v) is 15.5. The first-order chi connectivity index (χ1) is 11.9. The number of benzene rings is 2. The van der Waals surface area contributed by atoms with Crippen molar-refractivity contribution in [3.8, 4) is 0 Å². The molecule has 1 aromatic heterocycles. The molecule has 0 saturated heterocycles. The van der Waals surface area contributed by atoms with Crippen molar-refractivity contribution in [3.05, 3.63) is 74.3 Å². The molecule has 2 N–H and O–H groups in total. The molecule has 130 valence electrons. The van der Waals surface area contributed by atoms with Crippen molar-refractivity contribution in [3.63, 3.8) is 0 Å². The number of hydrogen-bond donors (Lipinski definition) is 2. The van der Waals surface area contributed by atoms with Crippen molar-refractivity contribution in [2.24, 2.45) is 5.92 Å². The molecule has 0 fully saturated rings. The lowest BCUT2D eigenvalue weighted by molar-refractivity contribution is 0.406. The number of nitrogens with one attached hydrogen (secondary N) is 2. The molecule has 0 aliphatic carbocycles. The van der Waals surface area contributed by atoms with E-state index in [0.29, 0.717) is 39.2 Å². The molecule has 3 aromatic rings. The number of hydrogen-bond acceptors (Lipinski definition) is 3. The second-order valence-electron chi connectivity index (χ2n) is 6.33. The van der Waals surface area contributed by atoms with Crippen LogP contribution in [0.5, 0.6) is 0 Å². The van der Waals surface area contributed by atoms with Gasteiger partial charge in [0.05, 0.1) is 17.4 Å². The predicted molar refractivity (Wildman–Crippen MR) is 103 cm³/mol. The van der Waals surface area contributed by atoms with Gasteiger partial charge in [-0.05, 0) is 41.8 Å². The van der Waals surface area contributed by atoms with Crippen LogP contribution in [-0.4, -0.2) is 9.97 Å². The summed E-state index contributed by atoms with van der Waals surface area (Å²) in [6.45, 7) is 4.73. The maximum Gasteiger partial charge on any atom is 0.258 e. The number of aromatic amines is 1. The molecule has 2 aromatic carbocycles. The molecule has 6 heteroatoms. The van der Waals surface area contributed by atoms with Crippen molar-refractivity contribution in [2.75, 3.05) is 0 Å². The lowest BCUT2D eigenvalue weighted by Crippen LogP contribution is -2.27. The van der Waals surface area contributed by atoms with E-state index in [0.717, 1.165) is 5.56 Å². The summed E-state index contributed by atoms with van der Waals surface area (Å²) < 4.78 is 0. The molecule has 0 aliphatic rings. The van der Waals surface area contributed by atoms with Crippen molar-refractivity contribution in [2.45, 2.75) is 26.4 Å². The van der Waals surface area contributed by atoms with Crippen LogP contribution < -0.4 is 10.9 Å². The Morgan fingerprint density at radius 1 is 1.08 bits per heavy atom. The van der Waals surface area contributed by atoms with E-state index in [4.69, 9.17) is 23.2 Å². The summed E-state index contributed by atoms with van der Waals surface area (Å²) in [5.41, 5.74) is 1.58. The Labute approximate surface area is 156 Å². The molecule has 0 spiro atoms. The average molecular weight is 376 g/mol. The topological polar surface area (TPSA) is 57.8 Å². The van der Waals surface area contributed by atoms with Gasteiger partial charge in [-0.25, -0.2) is 4.98 Å². The molecule has 1 atom stereocenters. The van der Waals surface area contributed by atoms with E-state index in [-0.39, 0.29) is 11.6 Å². The van der Waals surface area contributed by atoms with Crippen molar-refractivity contribution >= 4 is 34.1 Å². The summed E-state index contributed by atoms with van der Waals surface area (Å²) >= 11 is 12.0. The van der Waals surface area contributed by atoms with Crippen LogP contribution in [-0.2, 0) is 6.54 Å². The number of halogens is 2. The first-order valence-electron chi connectivity index (χ1n) is 8.11. The summed E-state index contributed by atoms with van der Waals surface area (Å²) in [7, 11) is 0. The highest BCUT2D eigenvalue weighted by Gasteiger charge is 2.16. The van der Waals surface area contributed by atoms with Gasteiger partial charge in [-0.3, -0.25) is 4.79 Å². The largest absolute Gasteiger partial charge is 0.309 e. The zero-order chi connectivity index (χ0) is 18.0. The fourth-order valence-corrected chi connectivity index (χ4v) is 3.15. The second-order valence-corrected chi connectivity index (χ2v) is 7.20. The fourth-order valence-electron chi connectivity index (χ4n) is 2.86. The molecular formula is C19H19Cl2N3O. The first-order valence-corrected chi connectivity index (χ1v) is 8.87. The van der Waals surface area contributed by atoms with Gasteiger partial charge >= 0.3 is 0 Å². The Balaban J connectivity index is 1.84. The SMILES string of the molecule is CC(C)C(NCc1nc2cc(Cl)ccc2c(=O)[nH]1)c1ccc(Cl)cc1.